The van der Waals surface area contributed by atoms with Gasteiger partial charge in [-0.15, -0.1) is 23.7 Å². The largest absolute Gasteiger partial charge is 0.370 e. The van der Waals surface area contributed by atoms with E-state index in [1.54, 1.807) is 0 Å². The van der Waals surface area contributed by atoms with E-state index in [4.69, 9.17) is 4.74 Å². The van der Waals surface area contributed by atoms with E-state index in [0.717, 1.165) is 19.7 Å². The van der Waals surface area contributed by atoms with Gasteiger partial charge in [-0.3, -0.25) is 0 Å². The summed E-state index contributed by atoms with van der Waals surface area (Å²) in [5.41, 5.74) is 0. The third-order valence-electron chi connectivity index (χ3n) is 2.01. The molecule has 2 heterocycles. The van der Waals surface area contributed by atoms with E-state index in [-0.39, 0.29) is 18.5 Å². The second-order valence-corrected chi connectivity index (χ2v) is 4.33. The van der Waals surface area contributed by atoms with Crippen LogP contribution in [0.25, 0.3) is 0 Å². The van der Waals surface area contributed by atoms with Gasteiger partial charge in [-0.2, -0.15) is 0 Å². The molecule has 1 N–H and O–H groups in total. The first kappa shape index (κ1) is 11.0. The molecule has 0 aromatic carbocycles. The van der Waals surface area contributed by atoms with Gasteiger partial charge in [-0.25, -0.2) is 0 Å². The highest BCUT2D eigenvalue weighted by molar-refractivity contribution is 7.12. The van der Waals surface area contributed by atoms with Gasteiger partial charge in [-0.1, -0.05) is 0 Å². The molecule has 0 aliphatic carbocycles. The Balaban J connectivity index is 0.000000845. The monoisotopic (exact) mass is 219 g/mol. The molecule has 1 aliphatic rings. The van der Waals surface area contributed by atoms with E-state index in [9.17, 15) is 0 Å². The van der Waals surface area contributed by atoms with Crippen LogP contribution in [0.15, 0.2) is 12.1 Å². The van der Waals surface area contributed by atoms with Gasteiger partial charge in [0.2, 0.25) is 0 Å². The highest BCUT2D eigenvalue weighted by Crippen LogP contribution is 2.25. The molecule has 2 nitrogen and oxygen atoms in total. The molecule has 4 heteroatoms. The Morgan fingerprint density at radius 3 is 2.92 bits per heavy atom. The van der Waals surface area contributed by atoms with Crippen LogP contribution in [0.5, 0.6) is 0 Å². The number of halogens is 1. The van der Waals surface area contributed by atoms with Crippen molar-refractivity contribution in [3.05, 3.63) is 21.9 Å². The van der Waals surface area contributed by atoms with Crippen molar-refractivity contribution in [1.82, 2.24) is 5.32 Å². The van der Waals surface area contributed by atoms with Crippen molar-refractivity contribution in [3.63, 3.8) is 0 Å². The number of aryl methyl sites for hydroxylation is 1. The fraction of sp³-hybridized carbons (Fsp3) is 0.556. The van der Waals surface area contributed by atoms with Crippen LogP contribution in [-0.4, -0.2) is 19.7 Å². The van der Waals surface area contributed by atoms with Crippen LogP contribution in [-0.2, 0) is 4.74 Å². The number of thiophene rings is 1. The van der Waals surface area contributed by atoms with Gasteiger partial charge in [0.25, 0.3) is 0 Å². The normalized spacial score (nSPS) is 22.4. The summed E-state index contributed by atoms with van der Waals surface area (Å²) in [6.07, 6.45) is 0.289. The van der Waals surface area contributed by atoms with Crippen LogP contribution in [0.4, 0.5) is 0 Å². The highest BCUT2D eigenvalue weighted by atomic mass is 35.5. The molecule has 1 unspecified atom stereocenters. The van der Waals surface area contributed by atoms with Gasteiger partial charge < -0.3 is 10.1 Å². The van der Waals surface area contributed by atoms with Crippen molar-refractivity contribution in [1.29, 1.82) is 0 Å². The zero-order valence-electron chi connectivity index (χ0n) is 7.58. The first-order chi connectivity index (χ1) is 5.86. The van der Waals surface area contributed by atoms with E-state index < -0.39 is 0 Å². The van der Waals surface area contributed by atoms with E-state index in [1.165, 1.54) is 9.75 Å². The Labute approximate surface area is 88.7 Å². The second kappa shape index (κ2) is 4.96. The fourth-order valence-electron chi connectivity index (χ4n) is 1.37. The lowest BCUT2D eigenvalue weighted by Crippen LogP contribution is -2.32. The molecule has 0 amide bonds. The number of hydrogen-bond acceptors (Lipinski definition) is 3. The van der Waals surface area contributed by atoms with Gasteiger partial charge in [0.05, 0.1) is 6.61 Å². The predicted octanol–water partition coefficient (Wildman–Crippen LogP) is 2.14. The molecule has 2 rings (SSSR count). The van der Waals surface area contributed by atoms with Gasteiger partial charge >= 0.3 is 0 Å². The predicted molar refractivity (Wildman–Crippen MR) is 57.9 cm³/mol. The molecule has 74 valence electrons. The molecular formula is C9H14ClNOS. The molecule has 1 atom stereocenters. The standard InChI is InChI=1S/C9H13NOS.ClH/c1-7-2-3-9(12-7)8-6-10-4-5-11-8;/h2-3,8,10H,4-6H2,1H3;1H. The van der Waals surface area contributed by atoms with Crippen LogP contribution in [0.1, 0.15) is 15.9 Å². The maximum absolute atomic E-state index is 5.63. The third kappa shape index (κ3) is 2.68. The molecule has 0 bridgehead atoms. The van der Waals surface area contributed by atoms with E-state index in [1.807, 2.05) is 11.3 Å². The topological polar surface area (TPSA) is 21.3 Å². The Bertz CT molecular complexity index is 258. The van der Waals surface area contributed by atoms with Crippen molar-refractivity contribution in [2.75, 3.05) is 19.7 Å². The maximum atomic E-state index is 5.63. The van der Waals surface area contributed by atoms with Crippen LogP contribution in [0.2, 0.25) is 0 Å². The van der Waals surface area contributed by atoms with Gasteiger partial charge in [0.15, 0.2) is 0 Å². The molecule has 1 aliphatic heterocycles. The van der Waals surface area contributed by atoms with Crippen LogP contribution in [0.3, 0.4) is 0 Å². The van der Waals surface area contributed by atoms with Crippen molar-refractivity contribution in [3.8, 4) is 0 Å². The SMILES string of the molecule is Cc1ccc(C2CNCCO2)s1.Cl. The molecule has 1 saturated heterocycles. The number of rotatable bonds is 1. The smallest absolute Gasteiger partial charge is 0.104 e. The zero-order valence-corrected chi connectivity index (χ0v) is 9.21. The number of hydrogen-bond donors (Lipinski definition) is 1. The minimum Gasteiger partial charge on any atom is -0.370 e. The Kier molecular flexibility index (Phi) is 4.19. The third-order valence-corrected chi connectivity index (χ3v) is 3.10. The highest BCUT2D eigenvalue weighted by Gasteiger charge is 2.16. The number of morpholine rings is 1. The molecular weight excluding hydrogens is 206 g/mol. The van der Waals surface area contributed by atoms with Crippen molar-refractivity contribution in [2.24, 2.45) is 0 Å². The van der Waals surface area contributed by atoms with E-state index >= 15 is 0 Å². The van der Waals surface area contributed by atoms with E-state index in [0.29, 0.717) is 0 Å². The molecule has 0 saturated carbocycles. The van der Waals surface area contributed by atoms with Crippen LogP contribution in [0, 0.1) is 6.92 Å². The summed E-state index contributed by atoms with van der Waals surface area (Å²) in [4.78, 5) is 2.71. The lowest BCUT2D eigenvalue weighted by atomic mass is 10.2. The molecule has 1 fully saturated rings. The average molecular weight is 220 g/mol. The van der Waals surface area contributed by atoms with Gasteiger partial charge in [0.1, 0.15) is 6.10 Å². The molecule has 1 aromatic rings. The quantitative estimate of drug-likeness (QED) is 0.782. The van der Waals surface area contributed by atoms with Crippen molar-refractivity contribution < 1.29 is 4.74 Å². The summed E-state index contributed by atoms with van der Waals surface area (Å²) in [5, 5.41) is 3.32. The molecule has 13 heavy (non-hydrogen) atoms. The van der Waals surface area contributed by atoms with Crippen molar-refractivity contribution >= 4 is 23.7 Å². The maximum Gasteiger partial charge on any atom is 0.104 e. The Hall–Kier alpha value is -0.0900. The fourth-order valence-corrected chi connectivity index (χ4v) is 2.30. The molecule has 0 spiro atoms. The molecule has 0 radical (unpaired) electrons. The lowest BCUT2D eigenvalue weighted by molar-refractivity contribution is 0.0299. The summed E-state index contributed by atoms with van der Waals surface area (Å²) in [7, 11) is 0. The Morgan fingerprint density at radius 2 is 2.38 bits per heavy atom. The van der Waals surface area contributed by atoms with Crippen molar-refractivity contribution in [2.45, 2.75) is 13.0 Å². The average Bonchev–Trinajstić information content (AvgIpc) is 2.54. The van der Waals surface area contributed by atoms with Gasteiger partial charge in [-0.05, 0) is 19.1 Å². The molecule has 1 aromatic heterocycles. The van der Waals surface area contributed by atoms with E-state index in [2.05, 4.69) is 24.4 Å². The minimum absolute atomic E-state index is 0. The minimum atomic E-state index is 0. The summed E-state index contributed by atoms with van der Waals surface area (Å²) in [6, 6.07) is 4.32. The summed E-state index contributed by atoms with van der Waals surface area (Å²) < 4.78 is 5.63. The first-order valence-corrected chi connectivity index (χ1v) is 5.06. The summed E-state index contributed by atoms with van der Waals surface area (Å²) >= 11 is 1.83. The number of ether oxygens (including phenoxy) is 1. The van der Waals surface area contributed by atoms with Crippen LogP contribution < -0.4 is 5.32 Å². The second-order valence-electron chi connectivity index (χ2n) is 3.01. The van der Waals surface area contributed by atoms with Crippen LogP contribution >= 0.6 is 23.7 Å². The summed E-state index contributed by atoms with van der Waals surface area (Å²) in [6.45, 7) is 4.91. The number of nitrogens with one attached hydrogen (secondary N) is 1. The summed E-state index contributed by atoms with van der Waals surface area (Å²) in [5.74, 6) is 0. The first-order valence-electron chi connectivity index (χ1n) is 4.25. The zero-order chi connectivity index (χ0) is 8.39. The van der Waals surface area contributed by atoms with Gasteiger partial charge in [0, 0.05) is 22.8 Å². The lowest BCUT2D eigenvalue weighted by Gasteiger charge is -2.22. The Morgan fingerprint density at radius 1 is 1.54 bits per heavy atom.